The van der Waals surface area contributed by atoms with Crippen molar-refractivity contribution in [3.8, 4) is 11.5 Å². The molecule has 0 aliphatic rings. The summed E-state index contributed by atoms with van der Waals surface area (Å²) in [6.45, 7) is 5.59. The van der Waals surface area contributed by atoms with Crippen molar-refractivity contribution in [2.45, 2.75) is 26.5 Å². The van der Waals surface area contributed by atoms with Crippen LogP contribution in [0.4, 0.5) is 0 Å². The number of ether oxygens (including phenoxy) is 3. The van der Waals surface area contributed by atoms with Crippen LogP contribution in [0.5, 0.6) is 11.5 Å². The predicted octanol–water partition coefficient (Wildman–Crippen LogP) is 3.79. The summed E-state index contributed by atoms with van der Waals surface area (Å²) in [5.41, 5.74) is 2.27. The Hall–Kier alpha value is -2.04. The van der Waals surface area contributed by atoms with Gasteiger partial charge in [-0.15, -0.1) is 0 Å². The van der Waals surface area contributed by atoms with Gasteiger partial charge >= 0.3 is 0 Å². The minimum absolute atomic E-state index is 0.545. The first kappa shape index (κ1) is 18.3. The first-order valence-electron chi connectivity index (χ1n) is 8.45. The quantitative estimate of drug-likeness (QED) is 0.637. The highest BCUT2D eigenvalue weighted by Crippen LogP contribution is 2.26. The maximum Gasteiger partial charge on any atom is 0.127 e. The van der Waals surface area contributed by atoms with Crippen LogP contribution in [-0.2, 0) is 17.9 Å². The maximum absolute atomic E-state index is 6.05. The Bertz CT molecular complexity index is 587. The number of rotatable bonds is 11. The Morgan fingerprint density at radius 1 is 0.958 bits per heavy atom. The van der Waals surface area contributed by atoms with Crippen LogP contribution >= 0.6 is 0 Å². The summed E-state index contributed by atoms with van der Waals surface area (Å²) in [4.78, 5) is 0. The van der Waals surface area contributed by atoms with E-state index in [1.165, 1.54) is 0 Å². The number of hydrogen-bond donors (Lipinski definition) is 1. The summed E-state index contributed by atoms with van der Waals surface area (Å²) in [5.74, 6) is 1.71. The zero-order valence-electron chi connectivity index (χ0n) is 14.6. The van der Waals surface area contributed by atoms with Crippen LogP contribution in [0.15, 0.2) is 48.5 Å². The molecule has 0 atom stereocenters. The molecule has 0 aromatic heterocycles. The minimum Gasteiger partial charge on any atom is -0.493 e. The summed E-state index contributed by atoms with van der Waals surface area (Å²) in [6, 6.07) is 16.2. The lowest BCUT2D eigenvalue weighted by molar-refractivity contribution is 0.199. The number of benzene rings is 2. The van der Waals surface area contributed by atoms with E-state index >= 15 is 0 Å². The highest BCUT2D eigenvalue weighted by Gasteiger charge is 2.07. The molecule has 0 fully saturated rings. The van der Waals surface area contributed by atoms with Crippen LogP contribution in [0.3, 0.4) is 0 Å². The molecule has 0 bridgehead atoms. The van der Waals surface area contributed by atoms with Gasteiger partial charge in [-0.2, -0.15) is 0 Å². The fourth-order valence-corrected chi connectivity index (χ4v) is 2.26. The molecule has 1 N–H and O–H groups in total. The third-order valence-electron chi connectivity index (χ3n) is 3.55. The Balaban J connectivity index is 2.03. The van der Waals surface area contributed by atoms with E-state index in [0.717, 1.165) is 42.1 Å². The molecule has 4 nitrogen and oxygen atoms in total. The smallest absolute Gasteiger partial charge is 0.127 e. The normalized spacial score (nSPS) is 10.6. The molecule has 0 unspecified atom stereocenters. The number of methoxy groups -OCH3 is 1. The van der Waals surface area contributed by atoms with Crippen molar-refractivity contribution in [1.82, 2.24) is 5.32 Å². The van der Waals surface area contributed by atoms with E-state index in [0.29, 0.717) is 19.8 Å². The molecule has 2 aromatic rings. The van der Waals surface area contributed by atoms with E-state index < -0.39 is 0 Å². The van der Waals surface area contributed by atoms with Gasteiger partial charge in [-0.3, -0.25) is 0 Å². The van der Waals surface area contributed by atoms with E-state index in [4.69, 9.17) is 14.2 Å². The topological polar surface area (TPSA) is 39.7 Å². The number of hydrogen-bond acceptors (Lipinski definition) is 4. The van der Waals surface area contributed by atoms with Gasteiger partial charge in [0.2, 0.25) is 0 Å². The average Bonchev–Trinajstić information content (AvgIpc) is 2.63. The largest absolute Gasteiger partial charge is 0.493 e. The van der Waals surface area contributed by atoms with Crippen LogP contribution in [0.25, 0.3) is 0 Å². The van der Waals surface area contributed by atoms with Crippen LogP contribution < -0.4 is 14.8 Å². The summed E-state index contributed by atoms with van der Waals surface area (Å²) in [6.07, 6.45) is 0.987. The van der Waals surface area contributed by atoms with E-state index in [2.05, 4.69) is 30.4 Å². The van der Waals surface area contributed by atoms with Gasteiger partial charge in [0.05, 0.1) is 13.2 Å². The van der Waals surface area contributed by atoms with Crippen molar-refractivity contribution in [1.29, 1.82) is 0 Å². The molecule has 0 amide bonds. The van der Waals surface area contributed by atoms with Crippen molar-refractivity contribution < 1.29 is 14.2 Å². The van der Waals surface area contributed by atoms with E-state index in [1.54, 1.807) is 7.11 Å². The molecule has 130 valence electrons. The molecule has 0 spiro atoms. The van der Waals surface area contributed by atoms with Gasteiger partial charge in [-0.05, 0) is 18.1 Å². The Morgan fingerprint density at radius 3 is 2.54 bits per heavy atom. The van der Waals surface area contributed by atoms with Crippen LogP contribution in [0, 0.1) is 0 Å². The molecule has 4 heteroatoms. The highest BCUT2D eigenvalue weighted by molar-refractivity contribution is 5.41. The zero-order chi connectivity index (χ0) is 17.0. The third-order valence-corrected chi connectivity index (χ3v) is 3.55. The maximum atomic E-state index is 6.05. The van der Waals surface area contributed by atoms with Crippen LogP contribution in [0.1, 0.15) is 24.5 Å². The van der Waals surface area contributed by atoms with Crippen molar-refractivity contribution in [3.05, 3.63) is 59.7 Å². The van der Waals surface area contributed by atoms with Gasteiger partial charge in [0.1, 0.15) is 18.1 Å². The van der Waals surface area contributed by atoms with Crippen LogP contribution in [0.2, 0.25) is 0 Å². The van der Waals surface area contributed by atoms with Crippen molar-refractivity contribution in [2.75, 3.05) is 26.9 Å². The summed E-state index contributed by atoms with van der Waals surface area (Å²) < 4.78 is 16.8. The van der Waals surface area contributed by atoms with Gasteiger partial charge in [0, 0.05) is 31.8 Å². The molecule has 24 heavy (non-hydrogen) atoms. The average molecular weight is 329 g/mol. The molecule has 2 aromatic carbocycles. The van der Waals surface area contributed by atoms with Crippen molar-refractivity contribution >= 4 is 0 Å². The molecule has 0 saturated heterocycles. The molecular formula is C20H27NO3. The fraction of sp³-hybridized carbons (Fsp3) is 0.400. The third kappa shape index (κ3) is 6.22. The molecule has 0 saturated carbocycles. The zero-order valence-corrected chi connectivity index (χ0v) is 14.6. The lowest BCUT2D eigenvalue weighted by atomic mass is 10.2. The number of nitrogens with one attached hydrogen (secondary N) is 1. The Kier molecular flexibility index (Phi) is 8.15. The first-order chi connectivity index (χ1) is 11.8. The van der Waals surface area contributed by atoms with Gasteiger partial charge < -0.3 is 19.5 Å². The van der Waals surface area contributed by atoms with E-state index in [-0.39, 0.29) is 0 Å². The fourth-order valence-electron chi connectivity index (χ4n) is 2.26. The Morgan fingerprint density at radius 2 is 1.79 bits per heavy atom. The highest BCUT2D eigenvalue weighted by atomic mass is 16.5. The second kappa shape index (κ2) is 10.7. The summed E-state index contributed by atoms with van der Waals surface area (Å²) in [5, 5.41) is 3.36. The van der Waals surface area contributed by atoms with Gasteiger partial charge in [-0.1, -0.05) is 43.3 Å². The second-order valence-corrected chi connectivity index (χ2v) is 5.56. The molecule has 0 heterocycles. The van der Waals surface area contributed by atoms with Gasteiger partial charge in [0.15, 0.2) is 0 Å². The summed E-state index contributed by atoms with van der Waals surface area (Å²) in [7, 11) is 1.70. The van der Waals surface area contributed by atoms with E-state index in [9.17, 15) is 0 Å². The molecule has 0 radical (unpaired) electrons. The predicted molar refractivity (Wildman–Crippen MR) is 96.6 cm³/mol. The molecule has 0 aliphatic carbocycles. The monoisotopic (exact) mass is 329 g/mol. The van der Waals surface area contributed by atoms with Gasteiger partial charge in [-0.25, -0.2) is 0 Å². The first-order valence-corrected chi connectivity index (χ1v) is 8.45. The van der Waals surface area contributed by atoms with Gasteiger partial charge in [0.25, 0.3) is 0 Å². The molecule has 0 aliphatic heterocycles. The summed E-state index contributed by atoms with van der Waals surface area (Å²) >= 11 is 0. The SMILES string of the molecule is CCCOc1ccc(CNCCOC)c(OCc2ccccc2)c1. The molecular weight excluding hydrogens is 302 g/mol. The minimum atomic E-state index is 0.545. The molecule has 2 rings (SSSR count). The standard InChI is InChI=1S/C20H27NO3/c1-3-12-23-19-10-9-18(15-21-11-13-22-2)20(14-19)24-16-17-7-5-4-6-8-17/h4-10,14,21H,3,11-13,15-16H2,1-2H3. The van der Waals surface area contributed by atoms with Crippen LogP contribution in [-0.4, -0.2) is 26.9 Å². The van der Waals surface area contributed by atoms with E-state index in [1.807, 2.05) is 30.3 Å². The van der Waals surface area contributed by atoms with Crippen molar-refractivity contribution in [2.24, 2.45) is 0 Å². The second-order valence-electron chi connectivity index (χ2n) is 5.56. The van der Waals surface area contributed by atoms with Crippen molar-refractivity contribution in [3.63, 3.8) is 0 Å². The lowest BCUT2D eigenvalue weighted by Gasteiger charge is -2.14. The Labute approximate surface area is 144 Å². The lowest BCUT2D eigenvalue weighted by Crippen LogP contribution is -2.19.